The molecule has 1 aliphatic rings. The van der Waals surface area contributed by atoms with Crippen LogP contribution in [-0.2, 0) is 6.18 Å². The number of hydrogen-bond acceptors (Lipinski definition) is 6. The highest BCUT2D eigenvalue weighted by molar-refractivity contribution is 5.92. The number of rotatable bonds is 4. The van der Waals surface area contributed by atoms with Gasteiger partial charge in [0.05, 0.1) is 22.5 Å². The first kappa shape index (κ1) is 20.8. The van der Waals surface area contributed by atoms with Crippen molar-refractivity contribution in [3.63, 3.8) is 0 Å². The number of aromatic nitrogens is 4. The van der Waals surface area contributed by atoms with E-state index < -0.39 is 11.7 Å². The molecule has 9 heteroatoms. The minimum absolute atomic E-state index is 0.108. The van der Waals surface area contributed by atoms with E-state index in [9.17, 15) is 13.2 Å². The number of alkyl halides is 3. The Kier molecular flexibility index (Phi) is 5.13. The van der Waals surface area contributed by atoms with Crippen LogP contribution in [0.25, 0.3) is 22.4 Å². The van der Waals surface area contributed by atoms with E-state index in [-0.39, 0.29) is 17.3 Å². The van der Waals surface area contributed by atoms with Crippen molar-refractivity contribution in [3.05, 3.63) is 71.7 Å². The number of hydrogen-bond donors (Lipinski definition) is 1. The fraction of sp³-hybridized carbons (Fsp3) is 0.208. The molecule has 0 saturated heterocycles. The number of halogens is 3. The third-order valence-electron chi connectivity index (χ3n) is 5.73. The van der Waals surface area contributed by atoms with Gasteiger partial charge in [0.1, 0.15) is 17.6 Å². The molecule has 1 aliphatic carbocycles. The lowest BCUT2D eigenvalue weighted by Crippen LogP contribution is -2.12. The summed E-state index contributed by atoms with van der Waals surface area (Å²) in [7, 11) is 0. The van der Waals surface area contributed by atoms with Crippen molar-refractivity contribution < 1.29 is 13.2 Å². The molecule has 33 heavy (non-hydrogen) atoms. The molecule has 0 bridgehead atoms. The first-order valence-corrected chi connectivity index (χ1v) is 10.4. The normalized spacial score (nSPS) is 14.0. The Morgan fingerprint density at radius 2 is 1.88 bits per heavy atom. The first-order valence-electron chi connectivity index (χ1n) is 10.4. The van der Waals surface area contributed by atoms with Gasteiger partial charge in [-0.15, -0.1) is 0 Å². The van der Waals surface area contributed by atoms with Crippen LogP contribution in [-0.4, -0.2) is 19.9 Å². The van der Waals surface area contributed by atoms with Crippen LogP contribution < -0.4 is 5.32 Å². The van der Waals surface area contributed by atoms with Crippen molar-refractivity contribution >= 4 is 22.5 Å². The predicted octanol–water partition coefficient (Wildman–Crippen LogP) is 5.99. The Morgan fingerprint density at radius 1 is 1.03 bits per heavy atom. The van der Waals surface area contributed by atoms with Gasteiger partial charge in [-0.2, -0.15) is 18.4 Å². The molecule has 0 unspecified atom stereocenters. The van der Waals surface area contributed by atoms with E-state index in [2.05, 4.69) is 25.3 Å². The molecule has 4 heterocycles. The Labute approximate surface area is 187 Å². The van der Waals surface area contributed by atoms with Gasteiger partial charge >= 0.3 is 6.18 Å². The van der Waals surface area contributed by atoms with E-state index in [1.165, 1.54) is 24.5 Å². The summed E-state index contributed by atoms with van der Waals surface area (Å²) < 4.78 is 40.5. The molecule has 6 nitrogen and oxygen atoms in total. The monoisotopic (exact) mass is 446 g/mol. The average molecular weight is 446 g/mol. The summed E-state index contributed by atoms with van der Waals surface area (Å²) in [4.78, 5) is 17.4. The van der Waals surface area contributed by atoms with Crippen molar-refractivity contribution in [2.75, 3.05) is 5.32 Å². The van der Waals surface area contributed by atoms with Crippen LogP contribution >= 0.6 is 0 Å². The van der Waals surface area contributed by atoms with Gasteiger partial charge in [-0.25, -0.2) is 15.0 Å². The van der Waals surface area contributed by atoms with E-state index >= 15 is 0 Å². The molecule has 1 fully saturated rings. The summed E-state index contributed by atoms with van der Waals surface area (Å²) in [5, 5.41) is 12.9. The molecule has 164 valence electrons. The maximum Gasteiger partial charge on any atom is 0.418 e. The van der Waals surface area contributed by atoms with E-state index in [1.807, 2.05) is 12.1 Å². The zero-order valence-electron chi connectivity index (χ0n) is 17.3. The molecule has 1 saturated carbocycles. The number of pyridine rings is 4. The predicted molar refractivity (Wildman–Crippen MR) is 117 cm³/mol. The molecule has 4 aromatic heterocycles. The third-order valence-corrected chi connectivity index (χ3v) is 5.73. The molecule has 0 spiro atoms. The molecule has 5 rings (SSSR count). The lowest BCUT2D eigenvalue weighted by Gasteiger charge is -2.25. The van der Waals surface area contributed by atoms with Crippen molar-refractivity contribution in [2.45, 2.75) is 31.4 Å². The largest absolute Gasteiger partial charge is 0.418 e. The zero-order chi connectivity index (χ0) is 23.0. The van der Waals surface area contributed by atoms with Crippen LogP contribution in [0.3, 0.4) is 0 Å². The van der Waals surface area contributed by atoms with Crippen molar-refractivity contribution in [2.24, 2.45) is 0 Å². The van der Waals surface area contributed by atoms with Gasteiger partial charge in [0, 0.05) is 29.4 Å². The van der Waals surface area contributed by atoms with Gasteiger partial charge in [0.15, 0.2) is 5.65 Å². The van der Waals surface area contributed by atoms with Gasteiger partial charge in [-0.3, -0.25) is 4.98 Å². The minimum Gasteiger partial charge on any atom is -0.340 e. The van der Waals surface area contributed by atoms with Crippen molar-refractivity contribution in [1.82, 2.24) is 19.9 Å². The maximum atomic E-state index is 13.5. The Balaban J connectivity index is 1.62. The standard InChI is InChI=1S/C24H17F3N6/c25-24(26,27)17-5-2-10-29-22(17)18-8-7-16-20(31-21-9-6-14(12-28)13-30-21)11-19(15-3-1-4-15)33-23(16)32-18/h2,5-11,13,15H,1,3-4H2,(H,30,31,32,33). The van der Waals surface area contributed by atoms with Crippen LogP contribution in [0.1, 0.15) is 42.0 Å². The highest BCUT2D eigenvalue weighted by Crippen LogP contribution is 2.39. The number of anilines is 2. The smallest absolute Gasteiger partial charge is 0.340 e. The molecule has 0 amide bonds. The lowest BCUT2D eigenvalue weighted by molar-refractivity contribution is -0.137. The van der Waals surface area contributed by atoms with Crippen LogP contribution in [0.15, 0.2) is 54.9 Å². The van der Waals surface area contributed by atoms with Crippen molar-refractivity contribution in [3.8, 4) is 17.5 Å². The maximum absolute atomic E-state index is 13.5. The second kappa shape index (κ2) is 8.13. The van der Waals surface area contributed by atoms with Crippen LogP contribution in [0.4, 0.5) is 24.7 Å². The van der Waals surface area contributed by atoms with Crippen molar-refractivity contribution in [1.29, 1.82) is 5.26 Å². The molecule has 1 N–H and O–H groups in total. The van der Waals surface area contributed by atoms with Gasteiger partial charge < -0.3 is 5.32 Å². The SMILES string of the molecule is N#Cc1ccc(Nc2cc(C3CCC3)nc3nc(-c4ncccc4C(F)(F)F)ccc23)nc1. The highest BCUT2D eigenvalue weighted by Gasteiger charge is 2.34. The Hall–Kier alpha value is -4.06. The lowest BCUT2D eigenvalue weighted by atomic mass is 9.82. The average Bonchev–Trinajstić information content (AvgIpc) is 2.77. The summed E-state index contributed by atoms with van der Waals surface area (Å²) in [6, 6.07) is 12.8. The molecular weight excluding hydrogens is 429 g/mol. The fourth-order valence-electron chi connectivity index (χ4n) is 3.78. The van der Waals surface area contributed by atoms with Gasteiger partial charge in [-0.05, 0) is 55.3 Å². The molecule has 4 aromatic rings. The van der Waals surface area contributed by atoms with Gasteiger partial charge in [0.2, 0.25) is 0 Å². The molecule has 0 aliphatic heterocycles. The number of nitriles is 1. The summed E-state index contributed by atoms with van der Waals surface area (Å²) in [5.74, 6) is 0.823. The Morgan fingerprint density at radius 3 is 2.55 bits per heavy atom. The van der Waals surface area contributed by atoms with E-state index in [1.54, 1.807) is 18.2 Å². The summed E-state index contributed by atoms with van der Waals surface area (Å²) in [5.41, 5.74) is 1.36. The quantitative estimate of drug-likeness (QED) is 0.414. The van der Waals surface area contributed by atoms with Gasteiger partial charge in [0.25, 0.3) is 0 Å². The molecular formula is C24H17F3N6. The second-order valence-corrected chi connectivity index (χ2v) is 7.86. The van der Waals surface area contributed by atoms with Crippen LogP contribution in [0, 0.1) is 11.3 Å². The van der Waals surface area contributed by atoms with E-state index in [4.69, 9.17) is 5.26 Å². The zero-order valence-corrected chi connectivity index (χ0v) is 17.3. The number of fused-ring (bicyclic) bond motifs is 1. The van der Waals surface area contributed by atoms with E-state index in [0.717, 1.165) is 31.0 Å². The Bertz CT molecular complexity index is 1370. The molecule has 0 atom stereocenters. The van der Waals surface area contributed by atoms with Crippen LogP contribution in [0.2, 0.25) is 0 Å². The molecule has 0 radical (unpaired) electrons. The van der Waals surface area contributed by atoms with Gasteiger partial charge in [-0.1, -0.05) is 6.42 Å². The third kappa shape index (κ3) is 4.07. The van der Waals surface area contributed by atoms with E-state index in [0.29, 0.717) is 28.1 Å². The summed E-state index contributed by atoms with van der Waals surface area (Å²) in [6.45, 7) is 0. The fourth-order valence-corrected chi connectivity index (χ4v) is 3.78. The number of nitrogens with one attached hydrogen (secondary N) is 1. The first-order chi connectivity index (χ1) is 15.9. The minimum atomic E-state index is -4.55. The summed E-state index contributed by atoms with van der Waals surface area (Å²) >= 11 is 0. The summed E-state index contributed by atoms with van der Waals surface area (Å²) in [6.07, 6.45) is 1.36. The second-order valence-electron chi connectivity index (χ2n) is 7.86. The number of nitrogens with zero attached hydrogens (tertiary/aromatic N) is 5. The topological polar surface area (TPSA) is 87.4 Å². The van der Waals surface area contributed by atoms with Crippen LogP contribution in [0.5, 0.6) is 0 Å². The highest BCUT2D eigenvalue weighted by atomic mass is 19.4. The molecule has 0 aromatic carbocycles.